The molecule has 0 unspecified atom stereocenters. The van der Waals surface area contributed by atoms with Gasteiger partial charge in [-0.15, -0.1) is 11.8 Å². The lowest BCUT2D eigenvalue weighted by Crippen LogP contribution is -2.20. The Morgan fingerprint density at radius 1 is 1.35 bits per heavy atom. The molecule has 2 aromatic rings. The summed E-state index contributed by atoms with van der Waals surface area (Å²) < 4.78 is 39.8. The number of halogens is 1. The largest absolute Gasteiger partial charge is 0.310 e. The van der Waals surface area contributed by atoms with E-state index in [0.717, 1.165) is 5.56 Å². The summed E-state index contributed by atoms with van der Waals surface area (Å²) >= 11 is 1.35. The summed E-state index contributed by atoms with van der Waals surface area (Å²) in [6, 6.07) is 6.20. The van der Waals surface area contributed by atoms with E-state index in [2.05, 4.69) is 10.4 Å². The monoisotopic (exact) mass is 395 g/mol. The van der Waals surface area contributed by atoms with Crippen molar-refractivity contribution < 1.29 is 17.6 Å². The number of thioether (sulfide) groups is 1. The summed E-state index contributed by atoms with van der Waals surface area (Å²) in [7, 11) is -3.09. The predicted octanol–water partition coefficient (Wildman–Crippen LogP) is 2.46. The number of carbonyl (C=O) groups excluding carboxylic acids is 1. The Balaban J connectivity index is 1.85. The molecule has 1 N–H and O–H groups in total. The first kappa shape index (κ1) is 17.5. The molecule has 2 aliphatic rings. The van der Waals surface area contributed by atoms with Crippen molar-refractivity contribution in [3.05, 3.63) is 46.9 Å². The maximum absolute atomic E-state index is 14.4. The van der Waals surface area contributed by atoms with Crippen molar-refractivity contribution in [3.63, 3.8) is 0 Å². The molecule has 6 nitrogen and oxygen atoms in total. The molecule has 9 heteroatoms. The van der Waals surface area contributed by atoms with Gasteiger partial charge in [0.05, 0.1) is 34.2 Å². The fourth-order valence-corrected chi connectivity index (χ4v) is 6.48. The number of carbonyl (C=O) groups is 1. The molecule has 1 saturated heterocycles. The first-order valence-electron chi connectivity index (χ1n) is 8.31. The lowest BCUT2D eigenvalue weighted by Gasteiger charge is -2.17. The topological polar surface area (TPSA) is 81.1 Å². The van der Waals surface area contributed by atoms with Crippen LogP contribution in [0.2, 0.25) is 0 Å². The number of sulfone groups is 1. The van der Waals surface area contributed by atoms with Crippen LogP contribution in [0.3, 0.4) is 0 Å². The van der Waals surface area contributed by atoms with Crippen LogP contribution in [0.1, 0.15) is 34.5 Å². The van der Waals surface area contributed by atoms with Crippen molar-refractivity contribution in [1.82, 2.24) is 9.78 Å². The van der Waals surface area contributed by atoms with Gasteiger partial charge >= 0.3 is 0 Å². The highest BCUT2D eigenvalue weighted by atomic mass is 32.2. The Bertz CT molecular complexity index is 987. The summed E-state index contributed by atoms with van der Waals surface area (Å²) in [6.45, 7) is 1.81. The zero-order valence-electron chi connectivity index (χ0n) is 14.1. The van der Waals surface area contributed by atoms with Gasteiger partial charge in [-0.2, -0.15) is 5.10 Å². The van der Waals surface area contributed by atoms with Crippen molar-refractivity contribution in [2.75, 3.05) is 22.6 Å². The molecular weight excluding hydrogens is 377 g/mol. The second-order valence-electron chi connectivity index (χ2n) is 6.61. The van der Waals surface area contributed by atoms with Crippen LogP contribution in [0.15, 0.2) is 24.3 Å². The molecule has 1 amide bonds. The van der Waals surface area contributed by atoms with Crippen LogP contribution in [-0.4, -0.2) is 41.4 Å². The van der Waals surface area contributed by atoms with Gasteiger partial charge in [0.25, 0.3) is 0 Å². The number of anilines is 1. The van der Waals surface area contributed by atoms with Gasteiger partial charge < -0.3 is 5.32 Å². The summed E-state index contributed by atoms with van der Waals surface area (Å²) in [5.41, 5.74) is 1.92. The fraction of sp³-hybridized carbons (Fsp3) is 0.412. The summed E-state index contributed by atoms with van der Waals surface area (Å²) in [6.07, 6.45) is 0.462. The summed E-state index contributed by atoms with van der Waals surface area (Å²) in [5, 5.41) is 7.00. The number of hydrogen-bond acceptors (Lipinski definition) is 5. The second-order valence-corrected chi connectivity index (χ2v) is 9.93. The summed E-state index contributed by atoms with van der Waals surface area (Å²) in [5.74, 6) is 0.278. The smallest absolute Gasteiger partial charge is 0.235 e. The summed E-state index contributed by atoms with van der Waals surface area (Å²) in [4.78, 5) is 12.2. The molecule has 2 atom stereocenters. The first-order valence-corrected chi connectivity index (χ1v) is 11.2. The van der Waals surface area contributed by atoms with E-state index in [1.165, 1.54) is 17.8 Å². The minimum absolute atomic E-state index is 0.00788. The molecule has 0 bridgehead atoms. The number of aryl methyl sites for hydroxylation is 1. The molecule has 4 rings (SSSR count). The van der Waals surface area contributed by atoms with E-state index >= 15 is 0 Å². The third-order valence-corrected chi connectivity index (χ3v) is 7.78. The molecular formula is C17H18FN3O3S2. The number of nitrogens with one attached hydrogen (secondary N) is 1. The van der Waals surface area contributed by atoms with Gasteiger partial charge in [-0.05, 0) is 19.4 Å². The van der Waals surface area contributed by atoms with Gasteiger partial charge in [0.2, 0.25) is 5.91 Å². The normalized spacial score (nSPS) is 24.8. The Labute approximate surface area is 155 Å². The number of rotatable bonds is 2. The zero-order valence-corrected chi connectivity index (χ0v) is 15.7. The highest BCUT2D eigenvalue weighted by molar-refractivity contribution is 8.00. The lowest BCUT2D eigenvalue weighted by atomic mass is 10.0. The SMILES string of the molecule is Cc1nn([C@@H]2CCS(=O)(=O)C2)c2c1[C@@H](c1ccccc1F)SCC(=O)N2. The molecule has 1 aromatic heterocycles. The van der Waals surface area contributed by atoms with E-state index in [1.54, 1.807) is 22.9 Å². The Kier molecular flexibility index (Phi) is 4.31. The van der Waals surface area contributed by atoms with Gasteiger partial charge in [0, 0.05) is 11.1 Å². The van der Waals surface area contributed by atoms with Crippen molar-refractivity contribution in [2.24, 2.45) is 0 Å². The van der Waals surface area contributed by atoms with E-state index in [0.29, 0.717) is 23.5 Å². The van der Waals surface area contributed by atoms with Crippen molar-refractivity contribution >= 4 is 33.3 Å². The second kappa shape index (κ2) is 6.38. The van der Waals surface area contributed by atoms with Crippen LogP contribution >= 0.6 is 11.8 Å². The molecule has 0 radical (unpaired) electrons. The van der Waals surface area contributed by atoms with E-state index in [4.69, 9.17) is 0 Å². The number of nitrogens with zero attached hydrogens (tertiary/aromatic N) is 2. The van der Waals surface area contributed by atoms with Crippen LogP contribution in [0.5, 0.6) is 0 Å². The molecule has 2 aliphatic heterocycles. The Hall–Kier alpha value is -1.87. The standard InChI is InChI=1S/C17H18FN3O3S2/c1-10-15-16(12-4-2-3-5-13(12)18)25-8-14(22)19-17(15)21(20-10)11-6-7-26(23,24)9-11/h2-5,11,16H,6-9H2,1H3,(H,19,22)/t11-,16-/m1/s1. The molecule has 0 aliphatic carbocycles. The maximum atomic E-state index is 14.4. The number of hydrogen-bond donors (Lipinski definition) is 1. The van der Waals surface area contributed by atoms with Crippen LogP contribution in [0.4, 0.5) is 10.2 Å². The van der Waals surface area contributed by atoms with E-state index in [9.17, 15) is 17.6 Å². The molecule has 138 valence electrons. The van der Waals surface area contributed by atoms with Crippen molar-refractivity contribution in [2.45, 2.75) is 24.6 Å². The van der Waals surface area contributed by atoms with Gasteiger partial charge in [0.15, 0.2) is 9.84 Å². The van der Waals surface area contributed by atoms with Crippen LogP contribution < -0.4 is 5.32 Å². The van der Waals surface area contributed by atoms with Crippen LogP contribution in [0.25, 0.3) is 0 Å². The third-order valence-electron chi connectivity index (χ3n) is 4.77. The minimum Gasteiger partial charge on any atom is -0.310 e. The first-order chi connectivity index (χ1) is 12.4. The quantitative estimate of drug-likeness (QED) is 0.845. The molecule has 1 fully saturated rings. The number of amides is 1. The lowest BCUT2D eigenvalue weighted by molar-refractivity contribution is -0.113. The van der Waals surface area contributed by atoms with E-state index in [-0.39, 0.29) is 40.3 Å². The van der Waals surface area contributed by atoms with Gasteiger partial charge in [0.1, 0.15) is 11.6 Å². The average Bonchev–Trinajstić information content (AvgIpc) is 3.03. The number of fused-ring (bicyclic) bond motifs is 1. The van der Waals surface area contributed by atoms with E-state index < -0.39 is 9.84 Å². The third kappa shape index (κ3) is 3.03. The molecule has 0 spiro atoms. The molecule has 0 saturated carbocycles. The minimum atomic E-state index is -3.09. The molecule has 3 heterocycles. The van der Waals surface area contributed by atoms with Gasteiger partial charge in [-0.1, -0.05) is 18.2 Å². The van der Waals surface area contributed by atoms with E-state index in [1.807, 2.05) is 6.92 Å². The Morgan fingerprint density at radius 3 is 2.81 bits per heavy atom. The molecule has 1 aromatic carbocycles. The average molecular weight is 395 g/mol. The maximum Gasteiger partial charge on any atom is 0.235 e. The van der Waals surface area contributed by atoms with Gasteiger partial charge in [-0.25, -0.2) is 17.5 Å². The predicted molar refractivity (Wildman–Crippen MR) is 98.6 cm³/mol. The van der Waals surface area contributed by atoms with Crippen LogP contribution in [-0.2, 0) is 14.6 Å². The number of aromatic nitrogens is 2. The molecule has 26 heavy (non-hydrogen) atoms. The Morgan fingerprint density at radius 2 is 2.12 bits per heavy atom. The van der Waals surface area contributed by atoms with Gasteiger partial charge in [-0.3, -0.25) is 4.79 Å². The zero-order chi connectivity index (χ0) is 18.5. The van der Waals surface area contributed by atoms with Crippen molar-refractivity contribution in [3.8, 4) is 0 Å². The number of benzene rings is 1. The fourth-order valence-electron chi connectivity index (χ4n) is 3.57. The van der Waals surface area contributed by atoms with Crippen molar-refractivity contribution in [1.29, 1.82) is 0 Å². The highest BCUT2D eigenvalue weighted by Gasteiger charge is 2.36. The highest BCUT2D eigenvalue weighted by Crippen LogP contribution is 2.45. The van der Waals surface area contributed by atoms with Crippen LogP contribution in [0, 0.1) is 12.7 Å².